The molecule has 1 aromatic heterocycles. The van der Waals surface area contributed by atoms with Crippen LogP contribution in [0.5, 0.6) is 0 Å². The Morgan fingerprint density at radius 1 is 1.26 bits per heavy atom. The summed E-state index contributed by atoms with van der Waals surface area (Å²) in [5.41, 5.74) is 0.841. The van der Waals surface area contributed by atoms with E-state index in [4.69, 9.17) is 0 Å². The van der Waals surface area contributed by atoms with Crippen molar-refractivity contribution in [3.63, 3.8) is 0 Å². The molecule has 0 unspecified atom stereocenters. The number of para-hydroxylation sites is 1. The second-order valence-electron chi connectivity index (χ2n) is 4.09. The zero-order valence-corrected chi connectivity index (χ0v) is 12.4. The number of benzene rings is 1. The first kappa shape index (κ1) is 14.7. The number of fused-ring (bicyclic) bond motifs is 1. The van der Waals surface area contributed by atoms with E-state index >= 15 is 0 Å². The topological polar surface area (TPSA) is 16.1 Å². The van der Waals surface area contributed by atoms with E-state index in [1.807, 2.05) is 24.3 Å². The summed E-state index contributed by atoms with van der Waals surface area (Å²) in [5, 5.41) is 1.22. The molecule has 7 heteroatoms. The Hall–Kier alpha value is -0.660. The van der Waals surface area contributed by atoms with Gasteiger partial charge in [0.25, 0.3) is 0 Å². The molecule has 0 N–H and O–H groups in total. The van der Waals surface area contributed by atoms with Crippen LogP contribution in [0.3, 0.4) is 0 Å². The highest BCUT2D eigenvalue weighted by atomic mass is 79.9. The van der Waals surface area contributed by atoms with E-state index in [0.717, 1.165) is 10.2 Å². The maximum Gasteiger partial charge on any atom is 0.401 e. The number of hydrogen-bond donors (Lipinski definition) is 0. The molecule has 0 atom stereocenters. The molecule has 2 aromatic rings. The van der Waals surface area contributed by atoms with Crippen molar-refractivity contribution in [3.8, 4) is 0 Å². The van der Waals surface area contributed by atoms with Crippen LogP contribution >= 0.6 is 27.3 Å². The van der Waals surface area contributed by atoms with Crippen molar-refractivity contribution in [2.75, 3.05) is 18.4 Å². The van der Waals surface area contributed by atoms with Gasteiger partial charge in [0.1, 0.15) is 5.01 Å². The molecule has 1 aromatic carbocycles. The summed E-state index contributed by atoms with van der Waals surface area (Å²) in [7, 11) is 0. The quantitative estimate of drug-likeness (QED) is 0.754. The standard InChI is InChI=1S/C12H12BrF3N2S/c13-5-6-18(8-12(14,15)16)7-11-17-9-3-1-2-4-10(9)19-11/h1-4H,5-8H2. The second kappa shape index (κ2) is 6.19. The molecule has 0 amide bonds. The van der Waals surface area contributed by atoms with Crippen LogP contribution in [0.2, 0.25) is 0 Å². The van der Waals surface area contributed by atoms with Crippen molar-refractivity contribution in [2.45, 2.75) is 12.7 Å². The van der Waals surface area contributed by atoms with E-state index in [1.165, 1.54) is 16.2 Å². The summed E-state index contributed by atoms with van der Waals surface area (Å²) in [6.07, 6.45) is -4.18. The minimum absolute atomic E-state index is 0.227. The molecule has 0 saturated carbocycles. The predicted octanol–water partition coefficient (Wildman–Crippen LogP) is 4.06. The number of aromatic nitrogens is 1. The molecule has 104 valence electrons. The molecule has 0 saturated heterocycles. The Bertz CT molecular complexity index is 508. The third kappa shape index (κ3) is 4.43. The number of thiazole rings is 1. The van der Waals surface area contributed by atoms with Gasteiger partial charge >= 0.3 is 6.18 Å². The lowest BCUT2D eigenvalue weighted by molar-refractivity contribution is -0.146. The van der Waals surface area contributed by atoms with Crippen molar-refractivity contribution in [3.05, 3.63) is 29.3 Å². The largest absolute Gasteiger partial charge is 0.401 e. The molecule has 19 heavy (non-hydrogen) atoms. The van der Waals surface area contributed by atoms with Crippen LogP contribution in [-0.4, -0.2) is 34.5 Å². The summed E-state index contributed by atoms with van der Waals surface area (Å²) in [4.78, 5) is 5.71. The minimum Gasteiger partial charge on any atom is -0.287 e. The van der Waals surface area contributed by atoms with E-state index in [9.17, 15) is 13.2 Å². The average molecular weight is 353 g/mol. The lowest BCUT2D eigenvalue weighted by atomic mass is 10.3. The molecule has 0 aliphatic heterocycles. The fourth-order valence-electron chi connectivity index (χ4n) is 1.77. The smallest absolute Gasteiger partial charge is 0.287 e. The lowest BCUT2D eigenvalue weighted by Gasteiger charge is -2.21. The van der Waals surface area contributed by atoms with Gasteiger partial charge in [-0.2, -0.15) is 13.2 Å². The maximum atomic E-state index is 12.5. The van der Waals surface area contributed by atoms with Gasteiger partial charge in [-0.3, -0.25) is 4.90 Å². The predicted molar refractivity (Wildman–Crippen MR) is 74.7 cm³/mol. The van der Waals surface area contributed by atoms with E-state index in [1.54, 1.807) is 0 Å². The Morgan fingerprint density at radius 2 is 2.00 bits per heavy atom. The zero-order valence-electron chi connectivity index (χ0n) is 9.95. The van der Waals surface area contributed by atoms with Gasteiger partial charge in [-0.1, -0.05) is 28.1 Å². The molecule has 0 radical (unpaired) electrons. The van der Waals surface area contributed by atoms with E-state index < -0.39 is 12.7 Å². The van der Waals surface area contributed by atoms with Crippen LogP contribution in [-0.2, 0) is 6.54 Å². The fourth-order valence-corrected chi connectivity index (χ4v) is 3.28. The number of alkyl halides is 4. The Morgan fingerprint density at radius 3 is 2.63 bits per heavy atom. The van der Waals surface area contributed by atoms with Gasteiger partial charge in [-0.05, 0) is 12.1 Å². The van der Waals surface area contributed by atoms with E-state index in [2.05, 4.69) is 20.9 Å². The molecule has 0 aliphatic rings. The number of hydrogen-bond acceptors (Lipinski definition) is 3. The molecule has 0 aliphatic carbocycles. The van der Waals surface area contributed by atoms with Crippen molar-refractivity contribution in [1.29, 1.82) is 0 Å². The Kier molecular flexibility index (Phi) is 4.81. The summed E-state index contributed by atoms with van der Waals surface area (Å²) in [6, 6.07) is 7.57. The first-order valence-electron chi connectivity index (χ1n) is 5.67. The highest BCUT2D eigenvalue weighted by Gasteiger charge is 2.30. The highest BCUT2D eigenvalue weighted by Crippen LogP contribution is 2.24. The Balaban J connectivity index is 2.11. The molecule has 0 fully saturated rings. The zero-order chi connectivity index (χ0) is 13.9. The molecule has 0 spiro atoms. The van der Waals surface area contributed by atoms with E-state index in [-0.39, 0.29) is 6.54 Å². The second-order valence-corrected chi connectivity index (χ2v) is 6.00. The lowest BCUT2D eigenvalue weighted by Crippen LogP contribution is -2.35. The summed E-state index contributed by atoms with van der Waals surface area (Å²) < 4.78 is 38.4. The fraction of sp³-hybridized carbons (Fsp3) is 0.417. The van der Waals surface area contributed by atoms with Crippen LogP contribution in [0.1, 0.15) is 5.01 Å². The van der Waals surface area contributed by atoms with Crippen LogP contribution in [0.4, 0.5) is 13.2 Å². The Labute approximate surface area is 121 Å². The van der Waals surface area contributed by atoms with Crippen LogP contribution in [0.25, 0.3) is 10.2 Å². The van der Waals surface area contributed by atoms with Crippen molar-refractivity contribution >= 4 is 37.5 Å². The monoisotopic (exact) mass is 352 g/mol. The number of nitrogens with zero attached hydrogens (tertiary/aromatic N) is 2. The van der Waals surface area contributed by atoms with Crippen LogP contribution in [0, 0.1) is 0 Å². The molecular weight excluding hydrogens is 341 g/mol. The third-order valence-electron chi connectivity index (χ3n) is 2.50. The summed E-state index contributed by atoms with van der Waals surface area (Å²) in [5.74, 6) is 0. The number of halogens is 4. The van der Waals surface area contributed by atoms with Crippen molar-refractivity contribution < 1.29 is 13.2 Å². The van der Waals surface area contributed by atoms with Gasteiger partial charge in [-0.25, -0.2) is 4.98 Å². The SMILES string of the molecule is FC(F)(F)CN(CCBr)Cc1nc2ccccc2s1. The van der Waals surface area contributed by atoms with E-state index in [0.29, 0.717) is 16.9 Å². The van der Waals surface area contributed by atoms with Crippen molar-refractivity contribution in [2.24, 2.45) is 0 Å². The van der Waals surface area contributed by atoms with Crippen LogP contribution < -0.4 is 0 Å². The van der Waals surface area contributed by atoms with Gasteiger partial charge < -0.3 is 0 Å². The first-order chi connectivity index (χ1) is 8.98. The highest BCUT2D eigenvalue weighted by molar-refractivity contribution is 9.09. The average Bonchev–Trinajstić information content (AvgIpc) is 2.69. The maximum absolute atomic E-state index is 12.5. The molecule has 2 rings (SSSR count). The normalized spacial score (nSPS) is 12.5. The van der Waals surface area contributed by atoms with Gasteiger partial charge in [0.15, 0.2) is 0 Å². The van der Waals surface area contributed by atoms with Gasteiger partial charge in [0, 0.05) is 11.9 Å². The molecule has 0 bridgehead atoms. The van der Waals surface area contributed by atoms with Gasteiger partial charge in [0.05, 0.1) is 23.3 Å². The molecular formula is C12H12BrF3N2S. The van der Waals surface area contributed by atoms with Gasteiger partial charge in [0.2, 0.25) is 0 Å². The molecule has 1 heterocycles. The first-order valence-corrected chi connectivity index (χ1v) is 7.61. The van der Waals surface area contributed by atoms with Gasteiger partial charge in [-0.15, -0.1) is 11.3 Å². The van der Waals surface area contributed by atoms with Crippen LogP contribution in [0.15, 0.2) is 24.3 Å². The number of rotatable bonds is 5. The summed E-state index contributed by atoms with van der Waals surface area (Å²) >= 11 is 4.62. The molecule has 2 nitrogen and oxygen atoms in total. The van der Waals surface area contributed by atoms with Crippen molar-refractivity contribution in [1.82, 2.24) is 9.88 Å². The minimum atomic E-state index is -4.18. The third-order valence-corrected chi connectivity index (χ3v) is 3.88. The summed E-state index contributed by atoms with van der Waals surface area (Å²) in [6.45, 7) is -0.339.